The number of nitrogens with two attached hydrogens (primary N) is 1. The van der Waals surface area contributed by atoms with Crippen LogP contribution in [0.15, 0.2) is 18.2 Å². The lowest BCUT2D eigenvalue weighted by atomic mass is 10.0. The van der Waals surface area contributed by atoms with Crippen LogP contribution in [0.3, 0.4) is 0 Å². The van der Waals surface area contributed by atoms with Gasteiger partial charge < -0.3 is 5.73 Å². The number of hydrogen-bond donors (Lipinski definition) is 1. The largest absolute Gasteiger partial charge is 0.397 e. The first-order valence-electron chi connectivity index (χ1n) is 5.41. The van der Waals surface area contributed by atoms with Crippen molar-refractivity contribution in [2.24, 2.45) is 0 Å². The molecule has 3 heteroatoms. The van der Waals surface area contributed by atoms with E-state index in [2.05, 4.69) is 38.1 Å². The van der Waals surface area contributed by atoms with Crippen LogP contribution in [0.25, 0.3) is 10.4 Å². The number of aryl methyl sites for hydroxylation is 2. The van der Waals surface area contributed by atoms with Gasteiger partial charge in [0.1, 0.15) is 10.9 Å². The molecule has 0 fully saturated rings. The average Bonchev–Trinajstić information content (AvgIpc) is 2.60. The third-order valence-electron chi connectivity index (χ3n) is 3.06. The molecule has 0 amide bonds. The third-order valence-corrected chi connectivity index (χ3v) is 4.33. The summed E-state index contributed by atoms with van der Waals surface area (Å²) in [6.45, 7) is 6.16. The molecule has 0 saturated carbocycles. The van der Waals surface area contributed by atoms with Gasteiger partial charge in [-0.3, -0.25) is 0 Å². The molecule has 2 N–H and O–H groups in total. The highest BCUT2D eigenvalue weighted by molar-refractivity contribution is 7.16. The van der Waals surface area contributed by atoms with Crippen molar-refractivity contribution in [3.63, 3.8) is 0 Å². The number of anilines is 1. The smallest absolute Gasteiger partial charge is 0.128 e. The maximum atomic E-state index is 8.98. The molecule has 2 rings (SSSR count). The van der Waals surface area contributed by atoms with Crippen molar-refractivity contribution in [2.45, 2.75) is 20.8 Å². The number of nitrogen functional groups attached to an aromatic ring is 1. The Bertz CT molecular complexity index is 618. The molecule has 0 spiro atoms. The topological polar surface area (TPSA) is 49.8 Å². The summed E-state index contributed by atoms with van der Waals surface area (Å²) in [5, 5.41) is 8.98. The quantitative estimate of drug-likeness (QED) is 0.827. The Labute approximate surface area is 105 Å². The number of nitriles is 1. The average molecular weight is 242 g/mol. The highest BCUT2D eigenvalue weighted by Crippen LogP contribution is 2.38. The van der Waals surface area contributed by atoms with Gasteiger partial charge >= 0.3 is 0 Å². The van der Waals surface area contributed by atoms with Crippen LogP contribution in [0.4, 0.5) is 5.69 Å². The van der Waals surface area contributed by atoms with Crippen molar-refractivity contribution in [2.75, 3.05) is 5.73 Å². The summed E-state index contributed by atoms with van der Waals surface area (Å²) in [5.41, 5.74) is 11.2. The van der Waals surface area contributed by atoms with Crippen LogP contribution in [0.1, 0.15) is 21.6 Å². The van der Waals surface area contributed by atoms with Crippen LogP contribution >= 0.6 is 11.3 Å². The van der Waals surface area contributed by atoms with Gasteiger partial charge in [-0.25, -0.2) is 0 Å². The van der Waals surface area contributed by atoms with Gasteiger partial charge in [-0.2, -0.15) is 5.26 Å². The van der Waals surface area contributed by atoms with Crippen LogP contribution in [0.2, 0.25) is 0 Å². The van der Waals surface area contributed by atoms with Crippen molar-refractivity contribution >= 4 is 17.0 Å². The Balaban J connectivity index is 2.61. The van der Waals surface area contributed by atoms with Crippen molar-refractivity contribution in [1.29, 1.82) is 5.26 Å². The second-order valence-electron chi connectivity index (χ2n) is 4.21. The van der Waals surface area contributed by atoms with Crippen molar-refractivity contribution in [3.8, 4) is 16.5 Å². The van der Waals surface area contributed by atoms with E-state index in [4.69, 9.17) is 11.0 Å². The van der Waals surface area contributed by atoms with Crippen LogP contribution in [-0.4, -0.2) is 0 Å². The fourth-order valence-corrected chi connectivity index (χ4v) is 2.79. The molecule has 86 valence electrons. The number of nitrogens with zero attached hydrogens (tertiary/aromatic N) is 1. The van der Waals surface area contributed by atoms with Crippen LogP contribution in [0, 0.1) is 32.1 Å². The van der Waals surface area contributed by atoms with Crippen LogP contribution in [-0.2, 0) is 0 Å². The Hall–Kier alpha value is -1.79. The zero-order valence-electron chi connectivity index (χ0n) is 10.2. The summed E-state index contributed by atoms with van der Waals surface area (Å²) in [4.78, 5) is 1.71. The minimum absolute atomic E-state index is 0.607. The second-order valence-corrected chi connectivity index (χ2v) is 5.23. The first-order chi connectivity index (χ1) is 8.04. The summed E-state index contributed by atoms with van der Waals surface area (Å²) >= 11 is 1.47. The summed E-state index contributed by atoms with van der Waals surface area (Å²) in [7, 11) is 0. The first kappa shape index (κ1) is 11.7. The number of rotatable bonds is 1. The van der Waals surface area contributed by atoms with E-state index >= 15 is 0 Å². The molecule has 2 nitrogen and oxygen atoms in total. The molecule has 1 heterocycles. The van der Waals surface area contributed by atoms with E-state index in [1.807, 2.05) is 6.92 Å². The highest BCUT2D eigenvalue weighted by Gasteiger charge is 2.13. The van der Waals surface area contributed by atoms with Crippen LogP contribution in [0.5, 0.6) is 0 Å². The van der Waals surface area contributed by atoms with E-state index < -0.39 is 0 Å². The Kier molecular flexibility index (Phi) is 2.91. The molecule has 0 saturated heterocycles. The predicted octanol–water partition coefficient (Wildman–Crippen LogP) is 3.79. The lowest BCUT2D eigenvalue weighted by Crippen LogP contribution is -1.88. The molecular formula is C14H14N2S. The molecule has 0 radical (unpaired) electrons. The van der Waals surface area contributed by atoms with Crippen molar-refractivity contribution in [3.05, 3.63) is 39.8 Å². The molecule has 0 atom stereocenters. The van der Waals surface area contributed by atoms with Gasteiger partial charge in [0.05, 0.1) is 5.69 Å². The fourth-order valence-electron chi connectivity index (χ4n) is 1.77. The summed E-state index contributed by atoms with van der Waals surface area (Å²) in [6.07, 6.45) is 0. The Morgan fingerprint density at radius 2 is 1.88 bits per heavy atom. The van der Waals surface area contributed by atoms with E-state index in [0.29, 0.717) is 10.6 Å². The van der Waals surface area contributed by atoms with E-state index in [0.717, 1.165) is 16.0 Å². The summed E-state index contributed by atoms with van der Waals surface area (Å²) < 4.78 is 0. The highest BCUT2D eigenvalue weighted by atomic mass is 32.1. The normalized spacial score (nSPS) is 10.2. The Morgan fingerprint density at radius 1 is 1.18 bits per heavy atom. The molecule has 0 bridgehead atoms. The molecule has 1 aromatic heterocycles. The van der Waals surface area contributed by atoms with Gasteiger partial charge in [-0.15, -0.1) is 11.3 Å². The molecule has 0 unspecified atom stereocenters. The maximum absolute atomic E-state index is 8.98. The third kappa shape index (κ3) is 1.92. The molecular weight excluding hydrogens is 228 g/mol. The lowest BCUT2D eigenvalue weighted by Gasteiger charge is -2.04. The van der Waals surface area contributed by atoms with E-state index in [1.54, 1.807) is 0 Å². The molecule has 0 aliphatic rings. The minimum Gasteiger partial charge on any atom is -0.397 e. The van der Waals surface area contributed by atoms with Gasteiger partial charge in [-0.05, 0) is 43.0 Å². The van der Waals surface area contributed by atoms with Gasteiger partial charge in [-0.1, -0.05) is 18.2 Å². The van der Waals surface area contributed by atoms with E-state index in [9.17, 15) is 0 Å². The minimum atomic E-state index is 0.607. The lowest BCUT2D eigenvalue weighted by molar-refractivity contribution is 1.34. The zero-order valence-corrected chi connectivity index (χ0v) is 11.0. The van der Waals surface area contributed by atoms with Gasteiger partial charge in [0, 0.05) is 4.88 Å². The first-order valence-corrected chi connectivity index (χ1v) is 6.23. The predicted molar refractivity (Wildman–Crippen MR) is 73.1 cm³/mol. The molecule has 17 heavy (non-hydrogen) atoms. The fraction of sp³-hybridized carbons (Fsp3) is 0.214. The van der Waals surface area contributed by atoms with Gasteiger partial charge in [0.2, 0.25) is 0 Å². The second kappa shape index (κ2) is 4.23. The maximum Gasteiger partial charge on any atom is 0.128 e. The summed E-state index contributed by atoms with van der Waals surface area (Å²) in [5.74, 6) is 0. The van der Waals surface area contributed by atoms with Crippen molar-refractivity contribution in [1.82, 2.24) is 0 Å². The molecule has 0 aliphatic heterocycles. The summed E-state index contributed by atoms with van der Waals surface area (Å²) in [6, 6.07) is 8.48. The van der Waals surface area contributed by atoms with Crippen molar-refractivity contribution < 1.29 is 0 Å². The monoisotopic (exact) mass is 242 g/mol. The standard InChI is InChI=1S/C14H14N2S/c1-8-4-5-11(6-9(8)2)14-10(3)13(16)12(7-15)17-14/h4-6H,16H2,1-3H3. The SMILES string of the molecule is Cc1ccc(-c2sc(C#N)c(N)c2C)cc1C. The van der Waals surface area contributed by atoms with Crippen LogP contribution < -0.4 is 5.73 Å². The van der Waals surface area contributed by atoms with E-state index in [-0.39, 0.29) is 0 Å². The molecule has 2 aromatic rings. The Morgan fingerprint density at radius 3 is 2.41 bits per heavy atom. The van der Waals surface area contributed by atoms with Gasteiger partial charge in [0.25, 0.3) is 0 Å². The van der Waals surface area contributed by atoms with Gasteiger partial charge in [0.15, 0.2) is 0 Å². The number of hydrogen-bond acceptors (Lipinski definition) is 3. The number of benzene rings is 1. The number of thiophene rings is 1. The van der Waals surface area contributed by atoms with E-state index in [1.165, 1.54) is 22.5 Å². The molecule has 1 aromatic carbocycles. The zero-order chi connectivity index (χ0) is 12.6. The molecule has 0 aliphatic carbocycles.